The van der Waals surface area contributed by atoms with Crippen LogP contribution >= 0.6 is 11.6 Å². The van der Waals surface area contributed by atoms with Gasteiger partial charge in [0, 0.05) is 24.2 Å². The molecule has 1 fully saturated rings. The van der Waals surface area contributed by atoms with Gasteiger partial charge in [-0.2, -0.15) is 0 Å². The number of piperidine rings is 1. The monoisotopic (exact) mass is 271 g/mol. The molecule has 2 nitrogen and oxygen atoms in total. The van der Waals surface area contributed by atoms with Crippen molar-refractivity contribution in [3.63, 3.8) is 0 Å². The van der Waals surface area contributed by atoms with Gasteiger partial charge in [-0.1, -0.05) is 18.0 Å². The van der Waals surface area contributed by atoms with Crippen LogP contribution in [0, 0.1) is 5.82 Å². The van der Waals surface area contributed by atoms with E-state index < -0.39 is 0 Å². The van der Waals surface area contributed by atoms with Crippen LogP contribution in [0.1, 0.15) is 31.2 Å². The van der Waals surface area contributed by atoms with Gasteiger partial charge >= 0.3 is 0 Å². The molecule has 1 saturated heterocycles. The largest absolute Gasteiger partial charge is 0.396 e. The molecular formula is C14H19ClFNO. The molecule has 0 aliphatic carbocycles. The fourth-order valence-electron chi connectivity index (χ4n) is 2.63. The highest BCUT2D eigenvalue weighted by Crippen LogP contribution is 2.25. The summed E-state index contributed by atoms with van der Waals surface area (Å²) < 4.78 is 13.2. The molecule has 1 aliphatic rings. The predicted octanol–water partition coefficient (Wildman–Crippen LogP) is 3.22. The number of halogens is 2. The van der Waals surface area contributed by atoms with E-state index in [1.807, 2.05) is 0 Å². The van der Waals surface area contributed by atoms with Gasteiger partial charge in [-0.05, 0) is 49.6 Å². The third-order valence-corrected chi connectivity index (χ3v) is 3.96. The third-order valence-electron chi connectivity index (χ3n) is 3.59. The first-order chi connectivity index (χ1) is 8.70. The highest BCUT2D eigenvalue weighted by molar-refractivity contribution is 6.31. The first kappa shape index (κ1) is 13.8. The molecule has 0 aromatic heterocycles. The zero-order valence-corrected chi connectivity index (χ0v) is 11.2. The molecule has 1 aromatic carbocycles. The van der Waals surface area contributed by atoms with Crippen LogP contribution in [-0.2, 0) is 6.54 Å². The summed E-state index contributed by atoms with van der Waals surface area (Å²) in [6, 6.07) is 4.89. The van der Waals surface area contributed by atoms with Gasteiger partial charge in [0.2, 0.25) is 0 Å². The minimum atomic E-state index is -0.245. The summed E-state index contributed by atoms with van der Waals surface area (Å²) in [6.07, 6.45) is 4.26. The molecule has 1 aromatic rings. The summed E-state index contributed by atoms with van der Waals surface area (Å²) in [4.78, 5) is 2.31. The maximum Gasteiger partial charge on any atom is 0.123 e. The number of aliphatic hydroxyl groups excluding tert-OH is 1. The lowest BCUT2D eigenvalue weighted by Gasteiger charge is -2.35. The molecule has 1 unspecified atom stereocenters. The molecule has 0 radical (unpaired) electrons. The van der Waals surface area contributed by atoms with Crippen molar-refractivity contribution < 1.29 is 9.50 Å². The molecular weight excluding hydrogens is 253 g/mol. The van der Waals surface area contributed by atoms with E-state index in [1.54, 1.807) is 6.07 Å². The Morgan fingerprint density at radius 1 is 1.39 bits per heavy atom. The Kier molecular flexibility index (Phi) is 4.98. The lowest BCUT2D eigenvalue weighted by molar-refractivity contribution is 0.112. The average molecular weight is 272 g/mol. The lowest BCUT2D eigenvalue weighted by atomic mass is 9.99. The molecule has 4 heteroatoms. The van der Waals surface area contributed by atoms with Crippen molar-refractivity contribution in [3.8, 4) is 0 Å². The van der Waals surface area contributed by atoms with Crippen LogP contribution in [0.4, 0.5) is 4.39 Å². The summed E-state index contributed by atoms with van der Waals surface area (Å²) in [5.74, 6) is -0.245. The molecule has 1 heterocycles. The maximum atomic E-state index is 13.2. The Bertz CT molecular complexity index is 397. The molecule has 100 valence electrons. The Hall–Kier alpha value is -0.640. The molecule has 0 saturated carbocycles. The zero-order chi connectivity index (χ0) is 13.0. The smallest absolute Gasteiger partial charge is 0.123 e. The van der Waals surface area contributed by atoms with Crippen molar-refractivity contribution >= 4 is 11.6 Å². The Balaban J connectivity index is 2.08. The fourth-order valence-corrected chi connectivity index (χ4v) is 2.80. The van der Waals surface area contributed by atoms with Crippen molar-refractivity contribution in [2.75, 3.05) is 13.2 Å². The van der Waals surface area contributed by atoms with Crippen LogP contribution < -0.4 is 0 Å². The summed E-state index contributed by atoms with van der Waals surface area (Å²) in [5.41, 5.74) is 0.835. The van der Waals surface area contributed by atoms with E-state index in [4.69, 9.17) is 16.7 Å². The van der Waals surface area contributed by atoms with E-state index in [0.717, 1.165) is 31.4 Å². The molecule has 1 N–H and O–H groups in total. The van der Waals surface area contributed by atoms with E-state index in [2.05, 4.69) is 4.90 Å². The molecule has 0 amide bonds. The number of benzene rings is 1. The van der Waals surface area contributed by atoms with Crippen molar-refractivity contribution in [2.45, 2.75) is 38.3 Å². The fraction of sp³-hybridized carbons (Fsp3) is 0.571. The molecule has 1 atom stereocenters. The van der Waals surface area contributed by atoms with Gasteiger partial charge in [-0.25, -0.2) is 4.39 Å². The van der Waals surface area contributed by atoms with E-state index >= 15 is 0 Å². The van der Waals surface area contributed by atoms with Gasteiger partial charge in [0.25, 0.3) is 0 Å². The maximum absolute atomic E-state index is 13.2. The van der Waals surface area contributed by atoms with E-state index in [1.165, 1.54) is 18.6 Å². The van der Waals surface area contributed by atoms with Crippen molar-refractivity contribution in [3.05, 3.63) is 34.6 Å². The second-order valence-electron chi connectivity index (χ2n) is 4.87. The first-order valence-electron chi connectivity index (χ1n) is 6.49. The van der Waals surface area contributed by atoms with Crippen LogP contribution in [0.15, 0.2) is 18.2 Å². The molecule has 0 spiro atoms. The summed E-state index contributed by atoms with van der Waals surface area (Å²) in [5, 5.41) is 9.70. The number of rotatable bonds is 4. The highest BCUT2D eigenvalue weighted by atomic mass is 35.5. The van der Waals surface area contributed by atoms with Gasteiger partial charge < -0.3 is 5.11 Å². The van der Waals surface area contributed by atoms with Gasteiger partial charge in [-0.15, -0.1) is 0 Å². The van der Waals surface area contributed by atoms with Crippen molar-refractivity contribution in [1.82, 2.24) is 4.90 Å². The van der Waals surface area contributed by atoms with E-state index in [-0.39, 0.29) is 12.4 Å². The molecule has 0 bridgehead atoms. The quantitative estimate of drug-likeness (QED) is 0.909. The molecule has 2 rings (SSSR count). The predicted molar refractivity (Wildman–Crippen MR) is 71.2 cm³/mol. The Morgan fingerprint density at radius 3 is 3.00 bits per heavy atom. The summed E-state index contributed by atoms with van der Waals surface area (Å²) in [7, 11) is 0. The number of hydrogen-bond acceptors (Lipinski definition) is 2. The average Bonchev–Trinajstić information content (AvgIpc) is 2.36. The van der Waals surface area contributed by atoms with Crippen molar-refractivity contribution in [2.24, 2.45) is 0 Å². The van der Waals surface area contributed by atoms with Gasteiger partial charge in [0.1, 0.15) is 5.82 Å². The van der Waals surface area contributed by atoms with Crippen LogP contribution in [0.3, 0.4) is 0 Å². The van der Waals surface area contributed by atoms with Crippen LogP contribution in [0.5, 0.6) is 0 Å². The Morgan fingerprint density at radius 2 is 2.22 bits per heavy atom. The Labute approximate surface area is 112 Å². The second kappa shape index (κ2) is 6.50. The van der Waals surface area contributed by atoms with Gasteiger partial charge in [0.05, 0.1) is 0 Å². The lowest BCUT2D eigenvalue weighted by Crippen LogP contribution is -2.39. The topological polar surface area (TPSA) is 23.5 Å². The summed E-state index contributed by atoms with van der Waals surface area (Å²) >= 11 is 6.10. The van der Waals surface area contributed by atoms with Crippen molar-refractivity contribution in [1.29, 1.82) is 0 Å². The van der Waals surface area contributed by atoms with Crippen LogP contribution in [-0.4, -0.2) is 29.2 Å². The zero-order valence-electron chi connectivity index (χ0n) is 10.4. The van der Waals surface area contributed by atoms with Crippen LogP contribution in [0.2, 0.25) is 5.02 Å². The standard InChI is InChI=1S/C14H19ClFNO/c15-14-5-4-12(16)9-11(14)10-17-7-2-1-3-13(17)6-8-18/h4-5,9,13,18H,1-3,6-8,10H2. The highest BCUT2D eigenvalue weighted by Gasteiger charge is 2.22. The van der Waals surface area contributed by atoms with Gasteiger partial charge in [0.15, 0.2) is 0 Å². The first-order valence-corrected chi connectivity index (χ1v) is 6.87. The van der Waals surface area contributed by atoms with Gasteiger partial charge in [-0.3, -0.25) is 4.90 Å². The number of nitrogens with zero attached hydrogens (tertiary/aromatic N) is 1. The third kappa shape index (κ3) is 3.44. The number of aliphatic hydroxyl groups is 1. The minimum Gasteiger partial charge on any atom is -0.396 e. The second-order valence-corrected chi connectivity index (χ2v) is 5.28. The van der Waals surface area contributed by atoms with Crippen LogP contribution in [0.25, 0.3) is 0 Å². The molecule has 18 heavy (non-hydrogen) atoms. The normalized spacial score (nSPS) is 21.2. The number of likely N-dealkylation sites (tertiary alicyclic amines) is 1. The number of hydrogen-bond donors (Lipinski definition) is 1. The molecule has 1 aliphatic heterocycles. The SMILES string of the molecule is OCCC1CCCCN1Cc1cc(F)ccc1Cl. The minimum absolute atomic E-state index is 0.206. The van der Waals surface area contributed by atoms with E-state index in [0.29, 0.717) is 17.6 Å². The van der Waals surface area contributed by atoms with E-state index in [9.17, 15) is 4.39 Å². The summed E-state index contributed by atoms with van der Waals surface area (Å²) in [6.45, 7) is 1.87.